The Kier molecular flexibility index (Phi) is 6.76. The van der Waals surface area contributed by atoms with Crippen molar-refractivity contribution in [2.24, 2.45) is 11.7 Å². The number of nitrogens with one attached hydrogen (secondary N) is 2. The van der Waals surface area contributed by atoms with Crippen molar-refractivity contribution in [2.45, 2.75) is 25.8 Å². The first-order valence-corrected chi connectivity index (χ1v) is 10.0. The Labute approximate surface area is 174 Å². The van der Waals surface area contributed by atoms with Crippen LogP contribution in [-0.2, 0) is 14.3 Å². The highest BCUT2D eigenvalue weighted by molar-refractivity contribution is 6.30. The predicted molar refractivity (Wildman–Crippen MR) is 108 cm³/mol. The van der Waals surface area contributed by atoms with Gasteiger partial charge >= 0.3 is 12.0 Å². The molecule has 29 heavy (non-hydrogen) atoms. The number of carbonyl (C=O) groups is 3. The maximum Gasteiger partial charge on any atom is 0.338 e. The molecule has 0 aromatic heterocycles. The van der Waals surface area contributed by atoms with Crippen LogP contribution in [0.2, 0.25) is 5.02 Å². The minimum absolute atomic E-state index is 0.130. The maximum absolute atomic E-state index is 12.8. The van der Waals surface area contributed by atoms with E-state index in [4.69, 9.17) is 22.1 Å². The Morgan fingerprint density at radius 3 is 2.48 bits per heavy atom. The highest BCUT2D eigenvalue weighted by Gasteiger charge is 2.35. The molecule has 2 aliphatic heterocycles. The number of piperidine rings is 1. The molecule has 0 aliphatic carbocycles. The van der Waals surface area contributed by atoms with Crippen molar-refractivity contribution >= 4 is 29.5 Å². The van der Waals surface area contributed by atoms with Crippen LogP contribution in [0.4, 0.5) is 4.79 Å². The van der Waals surface area contributed by atoms with E-state index < -0.39 is 12.0 Å². The number of rotatable bonds is 6. The molecule has 1 saturated heterocycles. The first-order chi connectivity index (χ1) is 13.9. The lowest BCUT2D eigenvalue weighted by Gasteiger charge is -2.34. The van der Waals surface area contributed by atoms with Crippen molar-refractivity contribution < 1.29 is 19.1 Å². The van der Waals surface area contributed by atoms with Gasteiger partial charge in [-0.3, -0.25) is 9.69 Å². The number of nitrogens with zero attached hydrogens (tertiary/aromatic N) is 1. The van der Waals surface area contributed by atoms with E-state index in [-0.39, 0.29) is 24.5 Å². The fourth-order valence-electron chi connectivity index (χ4n) is 3.70. The van der Waals surface area contributed by atoms with Gasteiger partial charge in [-0.25, -0.2) is 9.59 Å². The van der Waals surface area contributed by atoms with Gasteiger partial charge < -0.3 is 21.1 Å². The SMILES string of the molecule is CCOC(=O)C1=C(CN2CCC(C(N)=O)CC2)NC(=O)N[C@H]1c1ccc(Cl)cc1. The highest BCUT2D eigenvalue weighted by atomic mass is 35.5. The molecule has 0 spiro atoms. The van der Waals surface area contributed by atoms with Gasteiger partial charge in [0.2, 0.25) is 5.91 Å². The molecular formula is C20H25ClN4O4. The molecule has 8 nitrogen and oxygen atoms in total. The average molecular weight is 421 g/mol. The number of hydrogen-bond acceptors (Lipinski definition) is 5. The van der Waals surface area contributed by atoms with E-state index in [0.29, 0.717) is 48.8 Å². The quantitative estimate of drug-likeness (QED) is 0.606. The van der Waals surface area contributed by atoms with Crippen LogP contribution in [0.3, 0.4) is 0 Å². The van der Waals surface area contributed by atoms with Crippen molar-refractivity contribution in [3.8, 4) is 0 Å². The van der Waals surface area contributed by atoms with Crippen molar-refractivity contribution in [3.63, 3.8) is 0 Å². The van der Waals surface area contributed by atoms with Crippen LogP contribution in [0, 0.1) is 5.92 Å². The number of esters is 1. The first-order valence-electron chi connectivity index (χ1n) is 9.63. The molecule has 0 unspecified atom stereocenters. The van der Waals surface area contributed by atoms with E-state index >= 15 is 0 Å². The van der Waals surface area contributed by atoms with E-state index in [2.05, 4.69) is 15.5 Å². The fraction of sp³-hybridized carbons (Fsp3) is 0.450. The first kappa shape index (κ1) is 21.1. The molecule has 2 heterocycles. The number of amides is 3. The van der Waals surface area contributed by atoms with Crippen LogP contribution in [0.15, 0.2) is 35.5 Å². The number of primary amides is 1. The zero-order chi connectivity index (χ0) is 21.0. The summed E-state index contributed by atoms with van der Waals surface area (Å²) in [6, 6.07) is 5.93. The van der Waals surface area contributed by atoms with Crippen molar-refractivity contribution in [1.29, 1.82) is 0 Å². The van der Waals surface area contributed by atoms with Crippen LogP contribution < -0.4 is 16.4 Å². The third-order valence-corrected chi connectivity index (χ3v) is 5.48. The summed E-state index contributed by atoms with van der Waals surface area (Å²) in [5.41, 5.74) is 7.01. The van der Waals surface area contributed by atoms with E-state index in [1.165, 1.54) is 0 Å². The molecular weight excluding hydrogens is 396 g/mol. The maximum atomic E-state index is 12.8. The number of carbonyl (C=O) groups excluding carboxylic acids is 3. The molecule has 2 aliphatic rings. The Morgan fingerprint density at radius 2 is 1.90 bits per heavy atom. The lowest BCUT2D eigenvalue weighted by Crippen LogP contribution is -2.49. The summed E-state index contributed by atoms with van der Waals surface area (Å²) in [6.07, 6.45) is 1.31. The molecule has 1 atom stereocenters. The summed E-state index contributed by atoms with van der Waals surface area (Å²) in [6.45, 7) is 3.64. The zero-order valence-electron chi connectivity index (χ0n) is 16.2. The van der Waals surface area contributed by atoms with Crippen LogP contribution in [0.25, 0.3) is 0 Å². The largest absolute Gasteiger partial charge is 0.463 e. The van der Waals surface area contributed by atoms with Crippen molar-refractivity contribution in [2.75, 3.05) is 26.2 Å². The van der Waals surface area contributed by atoms with Gasteiger partial charge in [-0.2, -0.15) is 0 Å². The lowest BCUT2D eigenvalue weighted by molar-refractivity contribution is -0.139. The molecule has 3 rings (SSSR count). The Bertz CT molecular complexity index is 816. The second kappa shape index (κ2) is 9.28. The predicted octanol–water partition coefficient (Wildman–Crippen LogP) is 1.71. The van der Waals surface area contributed by atoms with Crippen molar-refractivity contribution in [3.05, 3.63) is 46.1 Å². The van der Waals surface area contributed by atoms with Gasteiger partial charge in [0.05, 0.1) is 18.2 Å². The molecule has 0 radical (unpaired) electrons. The number of likely N-dealkylation sites (tertiary alicyclic amines) is 1. The molecule has 4 N–H and O–H groups in total. The summed E-state index contributed by atoms with van der Waals surface area (Å²) < 4.78 is 5.27. The Morgan fingerprint density at radius 1 is 1.24 bits per heavy atom. The monoisotopic (exact) mass is 420 g/mol. The fourth-order valence-corrected chi connectivity index (χ4v) is 3.82. The molecule has 9 heteroatoms. The standard InChI is InChI=1S/C20H25ClN4O4/c1-2-29-19(27)16-15(11-25-9-7-13(8-10-25)18(22)26)23-20(28)24-17(16)12-3-5-14(21)6-4-12/h3-6,13,17H,2,7-11H2,1H3,(H2,22,26)(H2,23,24,28)/t17-/m0/s1. The van der Waals surface area contributed by atoms with Gasteiger partial charge in [0.1, 0.15) is 0 Å². The van der Waals surface area contributed by atoms with Crippen LogP contribution in [0.1, 0.15) is 31.4 Å². The van der Waals surface area contributed by atoms with Crippen LogP contribution in [0.5, 0.6) is 0 Å². The third-order valence-electron chi connectivity index (χ3n) is 5.22. The normalized spacial score (nSPS) is 20.8. The van der Waals surface area contributed by atoms with Gasteiger partial charge in [0.25, 0.3) is 0 Å². The number of ether oxygens (including phenoxy) is 1. The smallest absolute Gasteiger partial charge is 0.338 e. The van der Waals surface area contributed by atoms with Gasteiger partial charge in [0, 0.05) is 23.2 Å². The third kappa shape index (κ3) is 5.07. The number of urea groups is 1. The minimum atomic E-state index is -0.641. The average Bonchev–Trinajstić information content (AvgIpc) is 2.68. The number of hydrogen-bond donors (Lipinski definition) is 3. The molecule has 1 aromatic rings. The van der Waals surface area contributed by atoms with Crippen molar-refractivity contribution in [1.82, 2.24) is 15.5 Å². The van der Waals surface area contributed by atoms with E-state index in [1.54, 1.807) is 31.2 Å². The lowest BCUT2D eigenvalue weighted by atomic mass is 9.93. The Hall–Kier alpha value is -2.58. The molecule has 156 valence electrons. The molecule has 0 saturated carbocycles. The van der Waals surface area contributed by atoms with Crippen LogP contribution in [-0.4, -0.2) is 49.0 Å². The molecule has 1 fully saturated rings. The summed E-state index contributed by atoms with van der Waals surface area (Å²) in [5.74, 6) is -0.898. The second-order valence-corrected chi connectivity index (χ2v) is 7.58. The van der Waals surface area contributed by atoms with Gasteiger partial charge in [-0.1, -0.05) is 23.7 Å². The number of nitrogens with two attached hydrogens (primary N) is 1. The van der Waals surface area contributed by atoms with E-state index in [9.17, 15) is 14.4 Å². The summed E-state index contributed by atoms with van der Waals surface area (Å²) >= 11 is 5.98. The summed E-state index contributed by atoms with van der Waals surface area (Å²) in [5, 5.41) is 6.13. The van der Waals surface area contributed by atoms with Crippen LogP contribution >= 0.6 is 11.6 Å². The topological polar surface area (TPSA) is 114 Å². The minimum Gasteiger partial charge on any atom is -0.463 e. The number of halogens is 1. The molecule has 1 aromatic carbocycles. The molecule has 3 amide bonds. The Balaban J connectivity index is 1.89. The van der Waals surface area contributed by atoms with E-state index in [0.717, 1.165) is 5.56 Å². The van der Waals surface area contributed by atoms with Gasteiger partial charge in [0.15, 0.2) is 0 Å². The summed E-state index contributed by atoms with van der Waals surface area (Å²) in [7, 11) is 0. The summed E-state index contributed by atoms with van der Waals surface area (Å²) in [4.78, 5) is 38.6. The second-order valence-electron chi connectivity index (χ2n) is 7.15. The van der Waals surface area contributed by atoms with Gasteiger partial charge in [-0.15, -0.1) is 0 Å². The van der Waals surface area contributed by atoms with E-state index in [1.807, 2.05) is 0 Å². The molecule has 0 bridgehead atoms. The number of benzene rings is 1. The highest BCUT2D eigenvalue weighted by Crippen LogP contribution is 2.29. The zero-order valence-corrected chi connectivity index (χ0v) is 17.0. The van der Waals surface area contributed by atoms with Gasteiger partial charge in [-0.05, 0) is 50.6 Å².